The van der Waals surface area contributed by atoms with E-state index in [1.54, 1.807) is 0 Å². The molecule has 0 spiro atoms. The molecule has 3 nitrogen and oxygen atoms in total. The number of imidazole rings is 1. The molecule has 0 N–H and O–H groups in total. The molecule has 5 heterocycles. The molecule has 0 saturated heterocycles. The molecule has 0 bridgehead atoms. The topological polar surface area (TPSA) is 30.2 Å². The molecule has 0 fully saturated rings. The molecule has 8 rings (SSSR count). The minimum absolute atomic E-state index is 0.982. The van der Waals surface area contributed by atoms with Gasteiger partial charge in [-0.25, -0.2) is 4.98 Å². The molecular weight excluding hydrogens is 418 g/mol. The van der Waals surface area contributed by atoms with Crippen molar-refractivity contribution in [2.75, 3.05) is 0 Å². The van der Waals surface area contributed by atoms with Crippen LogP contribution in [0.3, 0.4) is 0 Å². The lowest BCUT2D eigenvalue weighted by atomic mass is 10.0. The molecule has 3 aromatic carbocycles. The van der Waals surface area contributed by atoms with Crippen LogP contribution < -0.4 is 0 Å². The van der Waals surface area contributed by atoms with Crippen molar-refractivity contribution < 1.29 is 0 Å². The molecule has 0 atom stereocenters. The molecule has 0 aliphatic heterocycles. The quantitative estimate of drug-likeness (QED) is 0.230. The number of rotatable bonds is 0. The van der Waals surface area contributed by atoms with Gasteiger partial charge in [0.1, 0.15) is 5.65 Å². The van der Waals surface area contributed by atoms with E-state index in [1.165, 1.54) is 51.2 Å². The van der Waals surface area contributed by atoms with E-state index in [4.69, 9.17) is 0 Å². The van der Waals surface area contributed by atoms with Gasteiger partial charge in [-0.05, 0) is 24.3 Å². The van der Waals surface area contributed by atoms with E-state index in [-0.39, 0.29) is 0 Å². The highest BCUT2D eigenvalue weighted by molar-refractivity contribution is 7.33. The second-order valence-electron chi connectivity index (χ2n) is 7.93. The highest BCUT2D eigenvalue weighted by Gasteiger charge is 2.16. The van der Waals surface area contributed by atoms with Crippen molar-refractivity contribution in [2.45, 2.75) is 0 Å². The first kappa shape index (κ1) is 16.2. The average Bonchev–Trinajstić information content (AvgIpc) is 3.53. The van der Waals surface area contributed by atoms with Crippen LogP contribution in [0.4, 0.5) is 0 Å². The average molecular weight is 432 g/mol. The minimum atomic E-state index is 0.982. The molecule has 5 aromatic heterocycles. The maximum Gasteiger partial charge on any atom is 0.145 e. The summed E-state index contributed by atoms with van der Waals surface area (Å²) in [5.41, 5.74) is 2.16. The van der Waals surface area contributed by atoms with Crippen LogP contribution in [-0.2, 0) is 0 Å². The van der Waals surface area contributed by atoms with Gasteiger partial charge in [-0.1, -0.05) is 30.3 Å². The van der Waals surface area contributed by atoms with E-state index >= 15 is 0 Å². The maximum absolute atomic E-state index is 4.63. The van der Waals surface area contributed by atoms with E-state index in [0.29, 0.717) is 0 Å². The molecule has 5 heteroatoms. The molecule has 0 aliphatic carbocycles. The second-order valence-corrected chi connectivity index (χ2v) is 10.0. The van der Waals surface area contributed by atoms with Crippen LogP contribution in [0.1, 0.15) is 0 Å². The third-order valence-electron chi connectivity index (χ3n) is 6.35. The lowest BCUT2D eigenvalue weighted by Crippen LogP contribution is -1.90. The van der Waals surface area contributed by atoms with Gasteiger partial charge in [0, 0.05) is 71.9 Å². The monoisotopic (exact) mass is 431 g/mol. The molecule has 144 valence electrons. The van der Waals surface area contributed by atoms with E-state index < -0.39 is 0 Å². The fourth-order valence-electron chi connectivity index (χ4n) is 4.97. The Hall–Kier alpha value is -3.54. The highest BCUT2D eigenvalue weighted by Crippen LogP contribution is 2.45. The summed E-state index contributed by atoms with van der Waals surface area (Å²) in [6.07, 6.45) is 7.75. The minimum Gasteiger partial charge on any atom is -0.299 e. The standard InChI is InChI=1S/C26H13N3S2/c1-2-4-22-14(3-1)15-5-6-16-19-11-21-18(12-23(19)31-25(16)24(15)30-22)20-13-27-8-7-17(20)26-28-9-10-29(21)26/h1-13H. The van der Waals surface area contributed by atoms with Gasteiger partial charge in [-0.3, -0.25) is 9.38 Å². The van der Waals surface area contributed by atoms with Gasteiger partial charge < -0.3 is 0 Å². The summed E-state index contributed by atoms with van der Waals surface area (Å²) in [5, 5.41) is 8.87. The van der Waals surface area contributed by atoms with Gasteiger partial charge in [0.05, 0.1) is 14.9 Å². The van der Waals surface area contributed by atoms with Gasteiger partial charge in [-0.15, -0.1) is 22.7 Å². The zero-order valence-electron chi connectivity index (χ0n) is 16.2. The SMILES string of the molecule is c1ccc2c(c1)sc1c2ccc2c3cc4c(cc3sc21)c1cnccc1c1nccn41. The van der Waals surface area contributed by atoms with Crippen LogP contribution in [0.15, 0.2) is 79.4 Å². The lowest BCUT2D eigenvalue weighted by Gasteiger charge is -2.08. The van der Waals surface area contributed by atoms with Gasteiger partial charge in [-0.2, -0.15) is 0 Å². The van der Waals surface area contributed by atoms with Crippen molar-refractivity contribution in [3.63, 3.8) is 0 Å². The molecule has 31 heavy (non-hydrogen) atoms. The van der Waals surface area contributed by atoms with E-state index in [9.17, 15) is 0 Å². The predicted octanol–water partition coefficient (Wildman–Crippen LogP) is 7.77. The Labute approximate surface area is 183 Å². The van der Waals surface area contributed by atoms with E-state index in [0.717, 1.165) is 16.4 Å². The zero-order chi connectivity index (χ0) is 20.1. The number of fused-ring (bicyclic) bond motifs is 13. The van der Waals surface area contributed by atoms with Crippen molar-refractivity contribution in [1.82, 2.24) is 14.4 Å². The van der Waals surface area contributed by atoms with Crippen LogP contribution in [0.5, 0.6) is 0 Å². The molecular formula is C26H13N3S2. The molecule has 0 radical (unpaired) electrons. The van der Waals surface area contributed by atoms with E-state index in [2.05, 4.69) is 75.2 Å². The number of nitrogens with zero attached hydrogens (tertiary/aromatic N) is 3. The van der Waals surface area contributed by atoms with Crippen LogP contribution >= 0.6 is 22.7 Å². The Morgan fingerprint density at radius 1 is 0.645 bits per heavy atom. The fraction of sp³-hybridized carbons (Fsp3) is 0. The Morgan fingerprint density at radius 2 is 1.48 bits per heavy atom. The normalized spacial score (nSPS) is 12.5. The summed E-state index contributed by atoms with van der Waals surface area (Å²) in [6, 6.07) is 20.1. The molecule has 0 unspecified atom stereocenters. The number of hydrogen-bond acceptors (Lipinski definition) is 4. The third-order valence-corrected chi connectivity index (χ3v) is 8.87. The van der Waals surface area contributed by atoms with Crippen molar-refractivity contribution in [3.8, 4) is 0 Å². The predicted molar refractivity (Wildman–Crippen MR) is 134 cm³/mol. The first-order chi connectivity index (χ1) is 15.4. The molecule has 8 aromatic rings. The number of thiophene rings is 2. The summed E-state index contributed by atoms with van der Waals surface area (Å²) in [4.78, 5) is 9.04. The van der Waals surface area contributed by atoms with Gasteiger partial charge in [0.25, 0.3) is 0 Å². The fourth-order valence-corrected chi connectivity index (χ4v) is 7.53. The Bertz CT molecular complexity index is 2010. The zero-order valence-corrected chi connectivity index (χ0v) is 17.8. The number of aromatic nitrogens is 3. The molecule has 0 aliphatic rings. The smallest absolute Gasteiger partial charge is 0.145 e. The Balaban J connectivity index is 1.61. The van der Waals surface area contributed by atoms with Crippen molar-refractivity contribution >= 4 is 90.3 Å². The Kier molecular flexibility index (Phi) is 2.91. The summed E-state index contributed by atoms with van der Waals surface area (Å²) >= 11 is 3.80. The van der Waals surface area contributed by atoms with Crippen LogP contribution in [0.2, 0.25) is 0 Å². The van der Waals surface area contributed by atoms with Crippen LogP contribution in [-0.4, -0.2) is 14.4 Å². The molecule has 0 amide bonds. The van der Waals surface area contributed by atoms with E-state index in [1.807, 2.05) is 41.3 Å². The van der Waals surface area contributed by atoms with Crippen LogP contribution in [0, 0.1) is 0 Å². The van der Waals surface area contributed by atoms with Gasteiger partial charge in [0.2, 0.25) is 0 Å². The second kappa shape index (κ2) is 5.58. The maximum atomic E-state index is 4.63. The third kappa shape index (κ3) is 1.98. The van der Waals surface area contributed by atoms with Crippen molar-refractivity contribution in [3.05, 3.63) is 79.4 Å². The van der Waals surface area contributed by atoms with Gasteiger partial charge in [0.15, 0.2) is 0 Å². The summed E-state index contributed by atoms with van der Waals surface area (Å²) in [7, 11) is 0. The Morgan fingerprint density at radius 3 is 2.42 bits per heavy atom. The number of pyridine rings is 2. The summed E-state index contributed by atoms with van der Waals surface area (Å²) in [5.74, 6) is 0. The van der Waals surface area contributed by atoms with Crippen molar-refractivity contribution in [1.29, 1.82) is 0 Å². The van der Waals surface area contributed by atoms with Gasteiger partial charge >= 0.3 is 0 Å². The summed E-state index contributed by atoms with van der Waals surface area (Å²) in [6.45, 7) is 0. The first-order valence-corrected chi connectivity index (χ1v) is 11.8. The highest BCUT2D eigenvalue weighted by atomic mass is 32.1. The van der Waals surface area contributed by atoms with Crippen molar-refractivity contribution in [2.24, 2.45) is 0 Å². The molecule has 0 saturated carbocycles. The largest absolute Gasteiger partial charge is 0.299 e. The number of hydrogen-bond donors (Lipinski definition) is 0. The lowest BCUT2D eigenvalue weighted by molar-refractivity contribution is 1.27. The van der Waals surface area contributed by atoms with Crippen LogP contribution in [0.25, 0.3) is 67.7 Å². The number of benzene rings is 3. The summed E-state index contributed by atoms with van der Waals surface area (Å²) < 4.78 is 7.65. The first-order valence-electron chi connectivity index (χ1n) is 10.2.